The topological polar surface area (TPSA) is 40.9 Å². The van der Waals surface area contributed by atoms with Crippen LogP contribution >= 0.6 is 0 Å². The molecule has 0 heterocycles. The third-order valence-electron chi connectivity index (χ3n) is 2.48. The quantitative estimate of drug-likeness (QED) is 0.559. The van der Waals surface area contributed by atoms with Crippen molar-refractivity contribution in [1.29, 1.82) is 0 Å². The highest BCUT2D eigenvalue weighted by molar-refractivity contribution is 5.82. The van der Waals surface area contributed by atoms with Gasteiger partial charge in [0.15, 0.2) is 5.78 Å². The lowest BCUT2D eigenvalue weighted by Crippen LogP contribution is -2.17. The lowest BCUT2D eigenvalue weighted by atomic mass is 9.96. The number of hydrogen-bond acceptors (Lipinski definition) is 1. The Hall–Kier alpha value is -0.370. The molecule has 1 saturated carbocycles. The molecule has 0 unspecified atom stereocenters. The lowest BCUT2D eigenvalue weighted by Gasteiger charge is -2.09. The molecule has 1 radical (unpaired) electrons. The summed E-state index contributed by atoms with van der Waals surface area (Å²) in [5, 5.41) is 0. The van der Waals surface area contributed by atoms with E-state index in [9.17, 15) is 4.79 Å². The van der Waals surface area contributed by atoms with Gasteiger partial charge in [-0.05, 0) is 12.8 Å². The molecule has 2 heteroatoms. The largest absolute Gasteiger partial charge is 0.298 e. The third-order valence-corrected chi connectivity index (χ3v) is 2.48. The van der Waals surface area contributed by atoms with Crippen LogP contribution in [-0.2, 0) is 4.79 Å². The minimum atomic E-state index is -0.00926. The van der Waals surface area contributed by atoms with Crippen molar-refractivity contribution >= 4 is 5.78 Å². The maximum atomic E-state index is 11.1. The van der Waals surface area contributed by atoms with Gasteiger partial charge in [-0.2, -0.15) is 0 Å². The van der Waals surface area contributed by atoms with Crippen molar-refractivity contribution < 1.29 is 4.79 Å². The molecule has 2 nitrogen and oxygen atoms in total. The molecule has 1 N–H and O–H groups in total. The summed E-state index contributed by atoms with van der Waals surface area (Å²) in [6, 6.07) is 0. The summed E-state index contributed by atoms with van der Waals surface area (Å²) in [6.45, 7) is -0.00926. The molecular weight excluding hydrogens is 138 g/mol. The van der Waals surface area contributed by atoms with Gasteiger partial charge in [0.25, 0.3) is 0 Å². The molecule has 11 heavy (non-hydrogen) atoms. The van der Waals surface area contributed by atoms with Crippen molar-refractivity contribution in [3.05, 3.63) is 0 Å². The van der Waals surface area contributed by atoms with E-state index in [0.29, 0.717) is 0 Å². The number of rotatable bonds is 2. The number of nitrogens with one attached hydrogen (secondary N) is 1. The average molecular weight is 154 g/mol. The number of carbonyl (C=O) groups excluding carboxylic acids is 1. The molecular formula is C9H16NO. The van der Waals surface area contributed by atoms with E-state index in [0.717, 1.165) is 12.8 Å². The van der Waals surface area contributed by atoms with E-state index in [1.165, 1.54) is 25.7 Å². The summed E-state index contributed by atoms with van der Waals surface area (Å²) < 4.78 is 0. The van der Waals surface area contributed by atoms with Gasteiger partial charge in [0.1, 0.15) is 0 Å². The first-order valence-corrected chi connectivity index (χ1v) is 4.52. The summed E-state index contributed by atoms with van der Waals surface area (Å²) in [5.41, 5.74) is 6.97. The molecule has 0 spiro atoms. The second-order valence-electron chi connectivity index (χ2n) is 3.33. The molecule has 1 aliphatic rings. The Morgan fingerprint density at radius 3 is 2.18 bits per heavy atom. The van der Waals surface area contributed by atoms with Crippen LogP contribution in [0.5, 0.6) is 0 Å². The van der Waals surface area contributed by atoms with Gasteiger partial charge in [0, 0.05) is 5.92 Å². The van der Waals surface area contributed by atoms with Gasteiger partial charge in [-0.3, -0.25) is 4.79 Å². The smallest absolute Gasteiger partial charge is 0.151 e. The average Bonchev–Trinajstić information content (AvgIpc) is 2.30. The molecule has 1 fully saturated rings. The summed E-state index contributed by atoms with van der Waals surface area (Å²) >= 11 is 0. The molecule has 1 rings (SSSR count). The number of carbonyl (C=O) groups is 1. The van der Waals surface area contributed by atoms with Crippen molar-refractivity contribution in [3.63, 3.8) is 0 Å². The maximum absolute atomic E-state index is 11.1. The number of hydrogen-bond donors (Lipinski definition) is 0. The van der Waals surface area contributed by atoms with E-state index in [1.807, 2.05) is 0 Å². The summed E-state index contributed by atoms with van der Waals surface area (Å²) in [6.07, 6.45) is 7.02. The third kappa shape index (κ3) is 2.62. The highest BCUT2D eigenvalue weighted by Crippen LogP contribution is 2.23. The van der Waals surface area contributed by atoms with E-state index < -0.39 is 0 Å². The maximum Gasteiger partial charge on any atom is 0.151 e. The van der Waals surface area contributed by atoms with E-state index >= 15 is 0 Å². The van der Waals surface area contributed by atoms with E-state index in [-0.39, 0.29) is 18.2 Å². The van der Waals surface area contributed by atoms with Gasteiger partial charge in [-0.25, -0.2) is 5.73 Å². The SMILES string of the molecule is [NH]CC(=O)C1CCCCCC1. The van der Waals surface area contributed by atoms with Gasteiger partial charge >= 0.3 is 0 Å². The molecule has 63 valence electrons. The Kier molecular flexibility index (Phi) is 3.57. The predicted octanol–water partition coefficient (Wildman–Crippen LogP) is 1.81. The van der Waals surface area contributed by atoms with Crippen molar-refractivity contribution in [2.45, 2.75) is 38.5 Å². The van der Waals surface area contributed by atoms with Crippen LogP contribution in [0.3, 0.4) is 0 Å². The zero-order chi connectivity index (χ0) is 8.10. The van der Waals surface area contributed by atoms with E-state index in [2.05, 4.69) is 0 Å². The second-order valence-corrected chi connectivity index (χ2v) is 3.33. The van der Waals surface area contributed by atoms with Gasteiger partial charge in [-0.15, -0.1) is 0 Å². The monoisotopic (exact) mass is 154 g/mol. The molecule has 0 aliphatic heterocycles. The fraction of sp³-hybridized carbons (Fsp3) is 0.889. The number of ketones is 1. The van der Waals surface area contributed by atoms with Crippen LogP contribution in [-0.4, -0.2) is 12.3 Å². The van der Waals surface area contributed by atoms with Crippen LogP contribution in [0.15, 0.2) is 0 Å². The zero-order valence-electron chi connectivity index (χ0n) is 6.94. The first-order chi connectivity index (χ1) is 5.34. The summed E-state index contributed by atoms with van der Waals surface area (Å²) in [5.74, 6) is 0.391. The van der Waals surface area contributed by atoms with E-state index in [4.69, 9.17) is 5.73 Å². The second kappa shape index (κ2) is 4.50. The van der Waals surface area contributed by atoms with E-state index in [1.54, 1.807) is 0 Å². The Labute approximate surface area is 68.2 Å². The Morgan fingerprint density at radius 2 is 1.73 bits per heavy atom. The van der Waals surface area contributed by atoms with Gasteiger partial charge in [0.2, 0.25) is 0 Å². The fourth-order valence-corrected chi connectivity index (χ4v) is 1.75. The van der Waals surface area contributed by atoms with Crippen LogP contribution in [0.25, 0.3) is 0 Å². The Bertz CT molecular complexity index is 126. The lowest BCUT2D eigenvalue weighted by molar-refractivity contribution is -0.121. The Morgan fingerprint density at radius 1 is 1.18 bits per heavy atom. The highest BCUT2D eigenvalue weighted by Gasteiger charge is 2.18. The normalized spacial score (nSPS) is 21.2. The zero-order valence-corrected chi connectivity index (χ0v) is 6.94. The van der Waals surface area contributed by atoms with Crippen molar-refractivity contribution in [1.82, 2.24) is 5.73 Å². The van der Waals surface area contributed by atoms with Gasteiger partial charge in [0.05, 0.1) is 6.54 Å². The Balaban J connectivity index is 2.36. The van der Waals surface area contributed by atoms with Crippen LogP contribution in [0, 0.1) is 5.92 Å². The van der Waals surface area contributed by atoms with Crippen LogP contribution in [0.1, 0.15) is 38.5 Å². The van der Waals surface area contributed by atoms with Crippen LogP contribution in [0.4, 0.5) is 0 Å². The van der Waals surface area contributed by atoms with Gasteiger partial charge < -0.3 is 0 Å². The molecule has 0 amide bonds. The molecule has 0 saturated heterocycles. The van der Waals surface area contributed by atoms with Crippen LogP contribution in [0.2, 0.25) is 0 Å². The molecule has 0 atom stereocenters. The first kappa shape index (κ1) is 8.72. The number of Topliss-reactive ketones (excluding diaryl/α,β-unsaturated/α-hetero) is 1. The summed E-state index contributed by atoms with van der Waals surface area (Å²) in [4.78, 5) is 11.1. The molecule has 1 aliphatic carbocycles. The fourth-order valence-electron chi connectivity index (χ4n) is 1.75. The van der Waals surface area contributed by atoms with Crippen molar-refractivity contribution in [2.75, 3.05) is 6.54 Å². The standard InChI is InChI=1S/C9H16NO/c10-7-9(11)8-5-3-1-2-4-6-8/h8,10H,1-7H2. The summed E-state index contributed by atoms with van der Waals surface area (Å²) in [7, 11) is 0. The molecule has 0 bridgehead atoms. The minimum absolute atomic E-state index is 0.00926. The molecule has 0 aromatic heterocycles. The van der Waals surface area contributed by atoms with Crippen LogP contribution < -0.4 is 5.73 Å². The van der Waals surface area contributed by atoms with Crippen molar-refractivity contribution in [3.8, 4) is 0 Å². The van der Waals surface area contributed by atoms with Gasteiger partial charge in [-0.1, -0.05) is 25.7 Å². The highest BCUT2D eigenvalue weighted by atomic mass is 16.1. The van der Waals surface area contributed by atoms with Crippen molar-refractivity contribution in [2.24, 2.45) is 5.92 Å². The minimum Gasteiger partial charge on any atom is -0.298 e. The molecule has 0 aromatic rings. The first-order valence-electron chi connectivity index (χ1n) is 4.52. The predicted molar refractivity (Wildman–Crippen MR) is 44.2 cm³/mol. The molecule has 0 aromatic carbocycles.